The molecule has 0 bridgehead atoms. The molecule has 1 saturated heterocycles. The van der Waals surface area contributed by atoms with Gasteiger partial charge in [0, 0.05) is 12.1 Å². The molecule has 2 heteroatoms. The molecule has 4 unspecified atom stereocenters. The first-order chi connectivity index (χ1) is 9.75. The first-order valence-electron chi connectivity index (χ1n) is 8.18. The minimum atomic E-state index is 0.196. The van der Waals surface area contributed by atoms with Gasteiger partial charge < -0.3 is 10.1 Å². The molecule has 2 nitrogen and oxygen atoms in total. The summed E-state index contributed by atoms with van der Waals surface area (Å²) in [6.07, 6.45) is 5.58. The molecule has 2 fully saturated rings. The Hall–Kier alpha value is -0.860. The van der Waals surface area contributed by atoms with Gasteiger partial charge in [0.25, 0.3) is 0 Å². The molecule has 0 spiro atoms. The largest absolute Gasteiger partial charge is 0.372 e. The van der Waals surface area contributed by atoms with Gasteiger partial charge in [0.05, 0.1) is 12.7 Å². The van der Waals surface area contributed by atoms with Crippen LogP contribution in [0, 0.1) is 11.8 Å². The third-order valence-corrected chi connectivity index (χ3v) is 4.98. The van der Waals surface area contributed by atoms with Gasteiger partial charge in [0.1, 0.15) is 0 Å². The molecule has 110 valence electrons. The second kappa shape index (κ2) is 6.28. The van der Waals surface area contributed by atoms with E-state index in [1.54, 1.807) is 0 Å². The molecule has 1 heterocycles. The first kappa shape index (κ1) is 14.1. The summed E-state index contributed by atoms with van der Waals surface area (Å²) in [7, 11) is 0. The van der Waals surface area contributed by atoms with Crippen LogP contribution in [-0.2, 0) is 4.74 Å². The lowest BCUT2D eigenvalue weighted by atomic mass is 9.84. The predicted octanol–water partition coefficient (Wildman–Crippen LogP) is 3.93. The Morgan fingerprint density at radius 3 is 2.60 bits per heavy atom. The highest BCUT2D eigenvalue weighted by Crippen LogP contribution is 2.34. The minimum absolute atomic E-state index is 0.196. The summed E-state index contributed by atoms with van der Waals surface area (Å²) < 4.78 is 6.37. The van der Waals surface area contributed by atoms with Crippen LogP contribution in [0.15, 0.2) is 30.3 Å². The van der Waals surface area contributed by atoms with E-state index in [0.29, 0.717) is 23.9 Å². The van der Waals surface area contributed by atoms with Crippen molar-refractivity contribution in [2.45, 2.75) is 57.7 Å². The molecular formula is C18H27NO. The molecule has 0 amide bonds. The summed E-state index contributed by atoms with van der Waals surface area (Å²) in [6, 6.07) is 11.8. The Kier molecular flexibility index (Phi) is 4.42. The smallest absolute Gasteiger partial charge is 0.0980 e. The summed E-state index contributed by atoms with van der Waals surface area (Å²) in [5.74, 6) is 1.29. The molecule has 1 aromatic rings. The van der Waals surface area contributed by atoms with Crippen molar-refractivity contribution in [3.63, 3.8) is 0 Å². The summed E-state index contributed by atoms with van der Waals surface area (Å²) in [4.78, 5) is 0. The fraction of sp³-hybridized carbons (Fsp3) is 0.667. The fourth-order valence-electron chi connectivity index (χ4n) is 3.78. The minimum Gasteiger partial charge on any atom is -0.372 e. The molecule has 3 rings (SSSR count). The molecule has 0 aromatic heterocycles. The average molecular weight is 273 g/mol. The number of rotatable bonds is 2. The third-order valence-electron chi connectivity index (χ3n) is 4.98. The van der Waals surface area contributed by atoms with Crippen LogP contribution in [0.1, 0.15) is 51.2 Å². The number of benzene rings is 1. The number of hydrogen-bond acceptors (Lipinski definition) is 2. The van der Waals surface area contributed by atoms with Crippen LogP contribution in [0.25, 0.3) is 0 Å². The lowest BCUT2D eigenvalue weighted by Crippen LogP contribution is -2.47. The van der Waals surface area contributed by atoms with Crippen molar-refractivity contribution < 1.29 is 4.74 Å². The van der Waals surface area contributed by atoms with Crippen molar-refractivity contribution in [2.24, 2.45) is 11.8 Å². The first-order valence-corrected chi connectivity index (χ1v) is 8.18. The van der Waals surface area contributed by atoms with Crippen LogP contribution in [0.3, 0.4) is 0 Å². The topological polar surface area (TPSA) is 21.3 Å². The lowest BCUT2D eigenvalue weighted by Gasteiger charge is -2.34. The average Bonchev–Trinajstić information content (AvgIpc) is 2.68. The summed E-state index contributed by atoms with van der Waals surface area (Å²) in [5, 5.41) is 3.94. The highest BCUT2D eigenvalue weighted by Gasteiger charge is 2.36. The maximum Gasteiger partial charge on any atom is 0.0980 e. The van der Waals surface area contributed by atoms with Gasteiger partial charge in [-0.2, -0.15) is 0 Å². The number of nitrogens with one attached hydrogen (secondary N) is 1. The van der Waals surface area contributed by atoms with Crippen LogP contribution in [-0.4, -0.2) is 18.7 Å². The van der Waals surface area contributed by atoms with Crippen molar-refractivity contribution >= 4 is 0 Å². The standard InChI is InChI=1S/C18H27NO/c1-13(2)17-18(14-8-4-3-5-9-14)20-12-15-10-6-7-11-16(15)19-17/h3-5,8-9,13,15-19H,6-7,10-12H2,1-2H3. The van der Waals surface area contributed by atoms with Gasteiger partial charge in [-0.05, 0) is 30.2 Å². The van der Waals surface area contributed by atoms with Gasteiger partial charge in [-0.25, -0.2) is 0 Å². The number of fused-ring (bicyclic) bond motifs is 1. The Bertz CT molecular complexity index is 417. The maximum absolute atomic E-state index is 6.37. The molecule has 4 atom stereocenters. The third kappa shape index (κ3) is 2.91. The Labute approximate surface area is 122 Å². The molecule has 1 aliphatic carbocycles. The van der Waals surface area contributed by atoms with Gasteiger partial charge in [0.2, 0.25) is 0 Å². The van der Waals surface area contributed by atoms with Gasteiger partial charge in [-0.15, -0.1) is 0 Å². The van der Waals surface area contributed by atoms with Crippen LogP contribution < -0.4 is 5.32 Å². The fourth-order valence-corrected chi connectivity index (χ4v) is 3.78. The number of ether oxygens (including phenoxy) is 1. The van der Waals surface area contributed by atoms with Crippen molar-refractivity contribution in [1.82, 2.24) is 5.32 Å². The molecule has 20 heavy (non-hydrogen) atoms. The lowest BCUT2D eigenvalue weighted by molar-refractivity contribution is 0.0151. The van der Waals surface area contributed by atoms with E-state index < -0.39 is 0 Å². The monoisotopic (exact) mass is 273 g/mol. The molecule has 0 radical (unpaired) electrons. The van der Waals surface area contributed by atoms with E-state index in [2.05, 4.69) is 49.5 Å². The van der Waals surface area contributed by atoms with Gasteiger partial charge >= 0.3 is 0 Å². The van der Waals surface area contributed by atoms with Crippen molar-refractivity contribution in [3.05, 3.63) is 35.9 Å². The maximum atomic E-state index is 6.37. The van der Waals surface area contributed by atoms with E-state index in [1.807, 2.05) is 0 Å². The van der Waals surface area contributed by atoms with Crippen molar-refractivity contribution in [2.75, 3.05) is 6.61 Å². The Morgan fingerprint density at radius 2 is 1.85 bits per heavy atom. The highest BCUT2D eigenvalue weighted by molar-refractivity contribution is 5.20. The summed E-state index contributed by atoms with van der Waals surface area (Å²) >= 11 is 0. The zero-order chi connectivity index (χ0) is 13.9. The van der Waals surface area contributed by atoms with E-state index in [4.69, 9.17) is 4.74 Å². The van der Waals surface area contributed by atoms with E-state index >= 15 is 0 Å². The normalized spacial score (nSPS) is 34.5. The second-order valence-electron chi connectivity index (χ2n) is 6.75. The van der Waals surface area contributed by atoms with Crippen LogP contribution in [0.5, 0.6) is 0 Å². The molecule has 1 saturated carbocycles. The zero-order valence-electron chi connectivity index (χ0n) is 12.7. The Morgan fingerprint density at radius 1 is 1.10 bits per heavy atom. The van der Waals surface area contributed by atoms with Gasteiger partial charge in [-0.3, -0.25) is 0 Å². The summed E-state index contributed by atoms with van der Waals surface area (Å²) in [6.45, 7) is 5.53. The van der Waals surface area contributed by atoms with E-state index in [9.17, 15) is 0 Å². The van der Waals surface area contributed by atoms with Crippen LogP contribution in [0.4, 0.5) is 0 Å². The zero-order valence-corrected chi connectivity index (χ0v) is 12.7. The molecular weight excluding hydrogens is 246 g/mol. The van der Waals surface area contributed by atoms with Gasteiger partial charge in [0.15, 0.2) is 0 Å². The van der Waals surface area contributed by atoms with E-state index in [0.717, 1.165) is 6.61 Å². The van der Waals surface area contributed by atoms with Crippen molar-refractivity contribution in [1.29, 1.82) is 0 Å². The SMILES string of the molecule is CC(C)C1NC2CCCCC2COC1c1ccccc1. The number of hydrogen-bond donors (Lipinski definition) is 1. The molecule has 1 aliphatic heterocycles. The molecule has 1 N–H and O–H groups in total. The van der Waals surface area contributed by atoms with E-state index in [-0.39, 0.29) is 6.10 Å². The van der Waals surface area contributed by atoms with Gasteiger partial charge in [-0.1, -0.05) is 57.0 Å². The molecule has 2 aliphatic rings. The van der Waals surface area contributed by atoms with Crippen molar-refractivity contribution in [3.8, 4) is 0 Å². The second-order valence-corrected chi connectivity index (χ2v) is 6.75. The quantitative estimate of drug-likeness (QED) is 0.881. The highest BCUT2D eigenvalue weighted by atomic mass is 16.5. The van der Waals surface area contributed by atoms with Crippen LogP contribution >= 0.6 is 0 Å². The van der Waals surface area contributed by atoms with E-state index in [1.165, 1.54) is 31.2 Å². The predicted molar refractivity (Wildman–Crippen MR) is 82.6 cm³/mol. The summed E-state index contributed by atoms with van der Waals surface area (Å²) in [5.41, 5.74) is 1.32. The molecule has 1 aromatic carbocycles. The Balaban J connectivity index is 1.84. The van der Waals surface area contributed by atoms with Crippen LogP contribution in [0.2, 0.25) is 0 Å².